The fourth-order valence-electron chi connectivity index (χ4n) is 1.95. The summed E-state index contributed by atoms with van der Waals surface area (Å²) in [5.41, 5.74) is 0. The predicted molar refractivity (Wildman–Crippen MR) is 66.3 cm³/mol. The van der Waals surface area contributed by atoms with Gasteiger partial charge in [-0.05, 0) is 11.7 Å². The number of carbonyl (C=O) groups is 1. The zero-order chi connectivity index (χ0) is 11.3. The summed E-state index contributed by atoms with van der Waals surface area (Å²) in [6, 6.07) is 0. The minimum atomic E-state index is 0.259. The van der Waals surface area contributed by atoms with E-state index in [1.54, 1.807) is 0 Å². The van der Waals surface area contributed by atoms with Crippen molar-refractivity contribution in [2.45, 2.75) is 20.3 Å². The number of rotatable bonds is 4. The number of piperazine rings is 1. The Bertz CT molecular complexity index is 201. The van der Waals surface area contributed by atoms with Crippen molar-refractivity contribution >= 4 is 18.5 Å². The molecule has 0 aromatic heterocycles. The molecule has 1 rings (SSSR count). The van der Waals surface area contributed by atoms with Crippen LogP contribution in [0.1, 0.15) is 20.3 Å². The van der Waals surface area contributed by atoms with Gasteiger partial charge in [-0.1, -0.05) is 13.8 Å². The lowest BCUT2D eigenvalue weighted by molar-refractivity contribution is -0.132. The van der Waals surface area contributed by atoms with E-state index in [1.807, 2.05) is 4.90 Å². The van der Waals surface area contributed by atoms with Crippen molar-refractivity contribution in [1.29, 1.82) is 0 Å². The van der Waals surface area contributed by atoms with Gasteiger partial charge in [-0.15, -0.1) is 0 Å². The standard InChI is InChI=1S/C11H22N2OS/c1-10(2)9-12-4-6-13(7-5-12)11(14)3-8-15/h10,15H,3-9H2,1-2H3. The second kappa shape index (κ2) is 6.38. The normalized spacial score (nSPS) is 18.5. The van der Waals surface area contributed by atoms with Crippen LogP contribution in [0.2, 0.25) is 0 Å². The van der Waals surface area contributed by atoms with Crippen molar-refractivity contribution in [1.82, 2.24) is 9.80 Å². The van der Waals surface area contributed by atoms with Gasteiger partial charge in [-0.25, -0.2) is 0 Å². The Morgan fingerprint density at radius 2 is 1.87 bits per heavy atom. The number of hydrogen-bond acceptors (Lipinski definition) is 3. The molecule has 0 aromatic carbocycles. The van der Waals surface area contributed by atoms with E-state index >= 15 is 0 Å². The summed E-state index contributed by atoms with van der Waals surface area (Å²) >= 11 is 4.08. The van der Waals surface area contributed by atoms with Gasteiger partial charge in [-0.2, -0.15) is 12.6 Å². The first-order chi connectivity index (χ1) is 7.13. The van der Waals surface area contributed by atoms with E-state index < -0.39 is 0 Å². The predicted octanol–water partition coefficient (Wildman–Crippen LogP) is 1.11. The molecule has 1 fully saturated rings. The number of nitrogens with zero attached hydrogens (tertiary/aromatic N) is 2. The van der Waals surface area contributed by atoms with E-state index in [0.717, 1.165) is 32.7 Å². The van der Waals surface area contributed by atoms with Crippen molar-refractivity contribution < 1.29 is 4.79 Å². The topological polar surface area (TPSA) is 23.6 Å². The SMILES string of the molecule is CC(C)CN1CCN(C(=O)CCS)CC1. The highest BCUT2D eigenvalue weighted by Crippen LogP contribution is 2.06. The molecule has 1 aliphatic heterocycles. The molecular formula is C11H22N2OS. The van der Waals surface area contributed by atoms with Crippen LogP contribution < -0.4 is 0 Å². The molecule has 0 spiro atoms. The molecule has 3 nitrogen and oxygen atoms in total. The Hall–Kier alpha value is -0.220. The molecule has 1 aliphatic rings. The van der Waals surface area contributed by atoms with Crippen molar-refractivity contribution in [3.05, 3.63) is 0 Å². The number of hydrogen-bond donors (Lipinski definition) is 1. The Morgan fingerprint density at radius 3 is 2.33 bits per heavy atom. The Kier molecular flexibility index (Phi) is 5.47. The summed E-state index contributed by atoms with van der Waals surface area (Å²) in [6.07, 6.45) is 0.577. The Labute approximate surface area is 98.2 Å². The molecule has 1 saturated heterocycles. The zero-order valence-electron chi connectivity index (χ0n) is 9.78. The second-order valence-corrected chi connectivity index (χ2v) is 5.00. The summed E-state index contributed by atoms with van der Waals surface area (Å²) in [7, 11) is 0. The average molecular weight is 230 g/mol. The molecule has 0 radical (unpaired) electrons. The zero-order valence-corrected chi connectivity index (χ0v) is 10.7. The highest BCUT2D eigenvalue weighted by Gasteiger charge is 2.20. The lowest BCUT2D eigenvalue weighted by atomic mass is 10.2. The third kappa shape index (κ3) is 4.43. The van der Waals surface area contributed by atoms with Crippen LogP contribution in [0.25, 0.3) is 0 Å². The third-order valence-corrected chi connectivity index (χ3v) is 2.90. The molecule has 0 aromatic rings. The molecule has 0 unspecified atom stereocenters. The third-order valence-electron chi connectivity index (χ3n) is 2.67. The minimum absolute atomic E-state index is 0.259. The number of amides is 1. The van der Waals surface area contributed by atoms with E-state index in [0.29, 0.717) is 18.1 Å². The van der Waals surface area contributed by atoms with Crippen molar-refractivity contribution in [3.63, 3.8) is 0 Å². The van der Waals surface area contributed by atoms with Crippen LogP contribution in [-0.4, -0.2) is 54.2 Å². The fraction of sp³-hybridized carbons (Fsp3) is 0.909. The van der Waals surface area contributed by atoms with Gasteiger partial charge >= 0.3 is 0 Å². The van der Waals surface area contributed by atoms with E-state index in [1.165, 1.54) is 0 Å². The van der Waals surface area contributed by atoms with E-state index in [4.69, 9.17) is 0 Å². The largest absolute Gasteiger partial charge is 0.340 e. The molecule has 0 atom stereocenters. The van der Waals surface area contributed by atoms with E-state index in [2.05, 4.69) is 31.4 Å². The fourth-order valence-corrected chi connectivity index (χ4v) is 2.14. The van der Waals surface area contributed by atoms with Gasteiger partial charge in [0.15, 0.2) is 0 Å². The molecule has 1 amide bonds. The maximum atomic E-state index is 11.6. The maximum Gasteiger partial charge on any atom is 0.223 e. The molecule has 4 heteroatoms. The summed E-state index contributed by atoms with van der Waals surface area (Å²) in [4.78, 5) is 16.0. The van der Waals surface area contributed by atoms with Crippen LogP contribution in [-0.2, 0) is 4.79 Å². The average Bonchev–Trinajstić information content (AvgIpc) is 2.18. The first kappa shape index (κ1) is 12.8. The van der Waals surface area contributed by atoms with Gasteiger partial charge in [0.25, 0.3) is 0 Å². The van der Waals surface area contributed by atoms with Crippen LogP contribution in [0.5, 0.6) is 0 Å². The van der Waals surface area contributed by atoms with Gasteiger partial charge in [0.2, 0.25) is 5.91 Å². The summed E-state index contributed by atoms with van der Waals surface area (Å²) in [5.74, 6) is 1.63. The van der Waals surface area contributed by atoms with Gasteiger partial charge in [0, 0.05) is 39.1 Å². The summed E-state index contributed by atoms with van der Waals surface area (Å²) < 4.78 is 0. The molecular weight excluding hydrogens is 208 g/mol. The summed E-state index contributed by atoms with van der Waals surface area (Å²) in [6.45, 7) is 9.44. The van der Waals surface area contributed by atoms with E-state index in [-0.39, 0.29) is 5.91 Å². The van der Waals surface area contributed by atoms with Gasteiger partial charge in [0.05, 0.1) is 0 Å². The molecule has 0 saturated carbocycles. The van der Waals surface area contributed by atoms with Crippen molar-refractivity contribution in [2.24, 2.45) is 5.92 Å². The number of carbonyl (C=O) groups excluding carboxylic acids is 1. The van der Waals surface area contributed by atoms with Gasteiger partial charge in [-0.3, -0.25) is 9.69 Å². The Balaban J connectivity index is 2.26. The van der Waals surface area contributed by atoms with Crippen LogP contribution in [0.15, 0.2) is 0 Å². The quantitative estimate of drug-likeness (QED) is 0.731. The van der Waals surface area contributed by atoms with E-state index in [9.17, 15) is 4.79 Å². The highest BCUT2D eigenvalue weighted by molar-refractivity contribution is 7.80. The van der Waals surface area contributed by atoms with Crippen LogP contribution in [0.4, 0.5) is 0 Å². The van der Waals surface area contributed by atoms with Crippen molar-refractivity contribution in [2.75, 3.05) is 38.5 Å². The molecule has 88 valence electrons. The Morgan fingerprint density at radius 1 is 1.27 bits per heavy atom. The lowest BCUT2D eigenvalue weighted by Crippen LogP contribution is -2.49. The highest BCUT2D eigenvalue weighted by atomic mass is 32.1. The van der Waals surface area contributed by atoms with Gasteiger partial charge < -0.3 is 4.90 Å². The molecule has 0 bridgehead atoms. The van der Waals surface area contributed by atoms with Crippen molar-refractivity contribution in [3.8, 4) is 0 Å². The van der Waals surface area contributed by atoms with Gasteiger partial charge in [0.1, 0.15) is 0 Å². The molecule has 1 heterocycles. The first-order valence-corrected chi connectivity index (χ1v) is 6.37. The molecule has 15 heavy (non-hydrogen) atoms. The maximum absolute atomic E-state index is 11.6. The second-order valence-electron chi connectivity index (χ2n) is 4.55. The lowest BCUT2D eigenvalue weighted by Gasteiger charge is -2.35. The number of thiol groups is 1. The van der Waals surface area contributed by atoms with Crippen LogP contribution >= 0.6 is 12.6 Å². The molecule has 0 aliphatic carbocycles. The molecule has 0 N–H and O–H groups in total. The van der Waals surface area contributed by atoms with Crippen LogP contribution in [0, 0.1) is 5.92 Å². The first-order valence-electron chi connectivity index (χ1n) is 5.74. The minimum Gasteiger partial charge on any atom is -0.340 e. The monoisotopic (exact) mass is 230 g/mol. The smallest absolute Gasteiger partial charge is 0.223 e. The summed E-state index contributed by atoms with van der Waals surface area (Å²) in [5, 5.41) is 0. The van der Waals surface area contributed by atoms with Crippen LogP contribution in [0.3, 0.4) is 0 Å².